The van der Waals surface area contributed by atoms with E-state index >= 15 is 0 Å². The summed E-state index contributed by atoms with van der Waals surface area (Å²) >= 11 is 0. The van der Waals surface area contributed by atoms with Gasteiger partial charge in [0.1, 0.15) is 7.91 Å². The lowest BCUT2D eigenvalue weighted by Gasteiger charge is -2.15. The van der Waals surface area contributed by atoms with Gasteiger partial charge in [-0.15, -0.1) is 0 Å². The molecule has 0 saturated carbocycles. The highest BCUT2D eigenvalue weighted by molar-refractivity contribution is 7.42. The third-order valence-electron chi connectivity index (χ3n) is 0. The molecule has 11 heteroatoms. The zero-order valence-electron chi connectivity index (χ0n) is 6.51. The maximum Gasteiger partial charge on any atom is 0.336 e. The summed E-state index contributed by atoms with van der Waals surface area (Å²) in [5, 5.41) is 9.17. The van der Waals surface area contributed by atoms with E-state index in [0.717, 1.165) is 0 Å². The average molecular weight is 218 g/mol. The number of halogens is 1. The second-order valence-corrected chi connectivity index (χ2v) is 2.29. The van der Waals surface area contributed by atoms with Gasteiger partial charge in [-0.3, -0.25) is 33.8 Å². The van der Waals surface area contributed by atoms with E-state index in [1.807, 2.05) is 0 Å². The quantitative estimate of drug-likeness (QED) is 0.131. The summed E-state index contributed by atoms with van der Waals surface area (Å²) in [4.78, 5) is 16.9. The second kappa shape index (κ2) is 8.71. The Morgan fingerprint density at radius 3 is 1.08 bits per heavy atom. The first-order chi connectivity index (χ1) is 5.46. The first kappa shape index (κ1) is 17.6. The minimum absolute atomic E-state index is 0.0833. The van der Waals surface area contributed by atoms with Crippen LogP contribution in [-0.2, 0) is 4.57 Å². The Hall–Kier alpha value is -1.38. The molecule has 9 nitrogen and oxygen atoms in total. The Labute approximate surface area is 73.2 Å². The third-order valence-corrected chi connectivity index (χ3v) is 0. The van der Waals surface area contributed by atoms with Crippen molar-refractivity contribution in [2.45, 2.75) is 0 Å². The maximum atomic E-state index is 10.1. The average Bonchev–Trinajstić information content (AvgIpc) is 1.50. The maximum absolute atomic E-state index is 10.1. The summed E-state index contributed by atoms with van der Waals surface area (Å²) in [6.07, 6.45) is 0. The van der Waals surface area contributed by atoms with Crippen molar-refractivity contribution in [2.24, 2.45) is 22.9 Å². The lowest BCUT2D eigenvalue weighted by molar-refractivity contribution is -0.328. The lowest BCUT2D eigenvalue weighted by atomic mass is 11.1. The summed E-state index contributed by atoms with van der Waals surface area (Å²) < 4.78 is 18.6. The van der Waals surface area contributed by atoms with E-state index in [-0.39, 0.29) is 11.9 Å². The topological polar surface area (TPSA) is 218 Å². The van der Waals surface area contributed by atoms with Gasteiger partial charge in [-0.1, -0.05) is 0 Å². The van der Waals surface area contributed by atoms with Gasteiger partial charge in [0.2, 0.25) is 0 Å². The molecule has 0 fully saturated rings. The van der Waals surface area contributed by atoms with Gasteiger partial charge < -0.3 is 14.4 Å². The molecule has 0 aliphatic rings. The van der Waals surface area contributed by atoms with Crippen LogP contribution in [0.3, 0.4) is 0 Å². The summed E-state index contributed by atoms with van der Waals surface area (Å²) in [6, 6.07) is 0. The molecule has 0 aromatic rings. The monoisotopic (exact) mass is 218 g/mol. The van der Waals surface area contributed by atoms with Crippen LogP contribution in [0.4, 0.5) is 4.20 Å². The Morgan fingerprint density at radius 1 is 1.08 bits per heavy atom. The summed E-state index contributed by atoms with van der Waals surface area (Å²) in [7, 11) is -5.64. The highest BCUT2D eigenvalue weighted by Gasteiger charge is 1.69. The summed E-state index contributed by atoms with van der Waals surface area (Å²) in [5.41, 5.74) is 18.3. The van der Waals surface area contributed by atoms with Gasteiger partial charge in [-0.25, -0.2) is 4.20 Å². The molecule has 0 radical (unpaired) electrons. The molecule has 0 aromatic heterocycles. The fourth-order valence-electron chi connectivity index (χ4n) is 0. The molecule has 0 atom stereocenters. The number of hydrogen-bond donors (Lipinski definition) is 6. The molecule has 0 aromatic carbocycles. The normalized spacial score (nSPS) is 8.23. The van der Waals surface area contributed by atoms with E-state index < -0.39 is 7.91 Å². The molecule has 80 valence electrons. The highest BCUT2D eigenvalue weighted by Crippen LogP contribution is 2.22. The molecule has 13 heavy (non-hydrogen) atoms. The Morgan fingerprint density at radius 2 is 1.08 bits per heavy atom. The van der Waals surface area contributed by atoms with Crippen LogP contribution >= 0.6 is 7.91 Å². The SMILES string of the molecule is NC(N)=[NH2+].NC(N)=[NH2+].O=P([O-])([O-])F. The molecule has 0 heterocycles. The Bertz CT molecular complexity index is 174. The van der Waals surface area contributed by atoms with Gasteiger partial charge in [0.05, 0.1) is 0 Å². The van der Waals surface area contributed by atoms with E-state index in [2.05, 4.69) is 33.8 Å². The summed E-state index contributed by atoms with van der Waals surface area (Å²) in [6.45, 7) is 0. The van der Waals surface area contributed by atoms with Crippen molar-refractivity contribution < 1.29 is 29.4 Å². The fourth-order valence-corrected chi connectivity index (χ4v) is 0. The van der Waals surface area contributed by atoms with Crippen LogP contribution in [0.2, 0.25) is 0 Å². The van der Waals surface area contributed by atoms with Crippen molar-refractivity contribution >= 4 is 19.8 Å². The molecule has 0 unspecified atom stereocenters. The zero-order chi connectivity index (χ0) is 11.7. The van der Waals surface area contributed by atoms with E-state index in [1.165, 1.54) is 0 Å². The Balaban J connectivity index is -0.000000117. The smallest absolute Gasteiger partial charge is 0.336 e. The molecule has 0 spiro atoms. The van der Waals surface area contributed by atoms with E-state index in [4.69, 9.17) is 14.4 Å². The van der Waals surface area contributed by atoms with Crippen molar-refractivity contribution in [1.82, 2.24) is 0 Å². The molecule has 0 aliphatic heterocycles. The van der Waals surface area contributed by atoms with Gasteiger partial charge in [-0.2, -0.15) is 0 Å². The Kier molecular flexibility index (Phi) is 11.8. The van der Waals surface area contributed by atoms with Crippen LogP contribution in [0.5, 0.6) is 0 Å². The first-order valence-electron chi connectivity index (χ1n) is 2.45. The van der Waals surface area contributed by atoms with Crippen molar-refractivity contribution in [2.75, 3.05) is 0 Å². The van der Waals surface area contributed by atoms with Gasteiger partial charge in [-0.05, 0) is 0 Å². The number of hydrogen-bond acceptors (Lipinski definition) is 3. The number of nitrogens with two attached hydrogens (primary N) is 6. The van der Waals surface area contributed by atoms with Crippen LogP contribution in [0.15, 0.2) is 0 Å². The van der Waals surface area contributed by atoms with Crippen LogP contribution in [0.25, 0.3) is 0 Å². The summed E-state index contributed by atoms with van der Waals surface area (Å²) in [5.74, 6) is -0.167. The van der Waals surface area contributed by atoms with E-state index in [9.17, 15) is 4.20 Å². The minimum Gasteiger partial charge on any atom is -0.786 e. The molecule has 0 bridgehead atoms. The standard InChI is InChI=1S/2CH5N3.FH2O3P/c2*2-1(3)4;1-5(2,3)4/h2*(H5,2,3,4);(H2,2,3,4). The predicted molar refractivity (Wildman–Crippen MR) is 39.3 cm³/mol. The molecule has 0 rings (SSSR count). The van der Waals surface area contributed by atoms with E-state index in [0.29, 0.717) is 0 Å². The number of guanidine groups is 2. The molecular weight excluding hydrogens is 206 g/mol. The minimum atomic E-state index is -5.64. The van der Waals surface area contributed by atoms with Crippen LogP contribution in [0, 0.1) is 0 Å². The van der Waals surface area contributed by atoms with Crippen LogP contribution in [-0.4, -0.2) is 11.9 Å². The van der Waals surface area contributed by atoms with Crippen molar-refractivity contribution in [3.8, 4) is 0 Å². The zero-order valence-corrected chi connectivity index (χ0v) is 7.41. The van der Waals surface area contributed by atoms with Gasteiger partial charge >= 0.3 is 11.9 Å². The van der Waals surface area contributed by atoms with Gasteiger partial charge in [0, 0.05) is 0 Å². The van der Waals surface area contributed by atoms with Gasteiger partial charge in [0.15, 0.2) is 0 Å². The van der Waals surface area contributed by atoms with Crippen LogP contribution in [0.1, 0.15) is 0 Å². The van der Waals surface area contributed by atoms with Crippen LogP contribution < -0.4 is 43.5 Å². The third kappa shape index (κ3) is 414. The molecule has 0 amide bonds. The molecule has 0 aliphatic carbocycles. The second-order valence-electron chi connectivity index (χ2n) is 1.43. The lowest BCUT2D eigenvalue weighted by Crippen LogP contribution is -2.51. The number of rotatable bonds is 0. The van der Waals surface area contributed by atoms with Crippen molar-refractivity contribution in [1.29, 1.82) is 0 Å². The predicted octanol–water partition coefficient (Wildman–Crippen LogP) is -7.18. The molecule has 12 N–H and O–H groups in total. The largest absolute Gasteiger partial charge is 0.786 e. The van der Waals surface area contributed by atoms with Crippen molar-refractivity contribution in [3.63, 3.8) is 0 Å². The molecular formula is C2H12FN6O3P. The molecule has 0 saturated heterocycles. The van der Waals surface area contributed by atoms with Crippen molar-refractivity contribution in [3.05, 3.63) is 0 Å². The van der Waals surface area contributed by atoms with Gasteiger partial charge in [0.25, 0.3) is 0 Å². The highest BCUT2D eigenvalue weighted by atomic mass is 31.2. The fraction of sp³-hybridized carbons (Fsp3) is 0. The van der Waals surface area contributed by atoms with E-state index in [1.54, 1.807) is 0 Å². The first-order valence-corrected chi connectivity index (χ1v) is 3.88.